The lowest BCUT2D eigenvalue weighted by atomic mass is 9.73. The molecular weight excluding hydrogens is 559 g/mol. The molecule has 4 atom stereocenters. The first-order valence-corrected chi connectivity index (χ1v) is 13.0. The van der Waals surface area contributed by atoms with Crippen LogP contribution in [0, 0.1) is 18.7 Å². The molecule has 2 amide bonds. The Morgan fingerprint density at radius 2 is 1.68 bits per heavy atom. The fourth-order valence-electron chi connectivity index (χ4n) is 6.07. The molecule has 0 aromatic heterocycles. The number of carbonyl (C=O) groups is 2. The van der Waals surface area contributed by atoms with Crippen molar-refractivity contribution in [2.45, 2.75) is 63.1 Å². The van der Waals surface area contributed by atoms with Gasteiger partial charge >= 0.3 is 24.4 Å². The normalized spacial score (nSPS) is 24.0. The SMILES string of the molecule is Cc1cc(F)ccc1[C@H]1C[C@@]2(CCN1C(=O)N(C)[C@H](C)c1cc(C(F)(F)F)cc(C(F)(F)F)c1)NCCC2C(=O)O. The van der Waals surface area contributed by atoms with Crippen molar-refractivity contribution in [3.8, 4) is 0 Å². The molecule has 2 aliphatic heterocycles. The van der Waals surface area contributed by atoms with Gasteiger partial charge in [-0.15, -0.1) is 0 Å². The van der Waals surface area contributed by atoms with Crippen molar-refractivity contribution in [2.75, 3.05) is 20.1 Å². The Hall–Kier alpha value is -3.35. The van der Waals surface area contributed by atoms with Crippen LogP contribution in [0.4, 0.5) is 35.5 Å². The van der Waals surface area contributed by atoms with Gasteiger partial charge < -0.3 is 20.2 Å². The van der Waals surface area contributed by atoms with Gasteiger partial charge in [0, 0.05) is 19.1 Å². The average molecular weight is 590 g/mol. The number of aryl methyl sites for hydroxylation is 1. The molecule has 0 radical (unpaired) electrons. The second kappa shape index (κ2) is 10.8. The zero-order valence-corrected chi connectivity index (χ0v) is 22.5. The number of alkyl halides is 6. The molecule has 2 saturated heterocycles. The lowest BCUT2D eigenvalue weighted by Crippen LogP contribution is -2.58. The average Bonchev–Trinajstić information content (AvgIpc) is 3.29. The van der Waals surface area contributed by atoms with Crippen molar-refractivity contribution in [1.29, 1.82) is 0 Å². The number of nitrogens with zero attached hydrogens (tertiary/aromatic N) is 2. The molecule has 2 fully saturated rings. The highest BCUT2D eigenvalue weighted by molar-refractivity contribution is 5.76. The summed E-state index contributed by atoms with van der Waals surface area (Å²) in [4.78, 5) is 28.4. The molecule has 2 aromatic carbocycles. The van der Waals surface area contributed by atoms with Crippen molar-refractivity contribution >= 4 is 12.0 Å². The smallest absolute Gasteiger partial charge is 0.416 e. The molecule has 13 heteroatoms. The predicted octanol–water partition coefficient (Wildman–Crippen LogP) is 6.55. The fraction of sp³-hybridized carbons (Fsp3) is 0.500. The van der Waals surface area contributed by atoms with Crippen LogP contribution in [0.25, 0.3) is 0 Å². The number of carboxylic acid groups (broad SMARTS) is 1. The highest BCUT2D eigenvalue weighted by Gasteiger charge is 2.52. The van der Waals surface area contributed by atoms with E-state index in [2.05, 4.69) is 5.32 Å². The third-order valence-corrected chi connectivity index (χ3v) is 8.42. The molecule has 0 saturated carbocycles. The third-order valence-electron chi connectivity index (χ3n) is 8.42. The van der Waals surface area contributed by atoms with Crippen LogP contribution < -0.4 is 5.32 Å². The summed E-state index contributed by atoms with van der Waals surface area (Å²) in [6.07, 6.45) is -9.27. The van der Waals surface area contributed by atoms with Gasteiger partial charge in [-0.05, 0) is 86.7 Å². The van der Waals surface area contributed by atoms with E-state index in [1.807, 2.05) is 0 Å². The molecule has 2 N–H and O–H groups in total. The second-order valence-electron chi connectivity index (χ2n) is 10.8. The van der Waals surface area contributed by atoms with Crippen LogP contribution in [0.5, 0.6) is 0 Å². The van der Waals surface area contributed by atoms with Crippen LogP contribution >= 0.6 is 0 Å². The fourth-order valence-corrected chi connectivity index (χ4v) is 6.07. The highest BCUT2D eigenvalue weighted by atomic mass is 19.4. The maximum atomic E-state index is 13.9. The summed E-state index contributed by atoms with van der Waals surface area (Å²) in [6.45, 7) is 3.49. The Balaban J connectivity index is 1.71. The number of halogens is 7. The van der Waals surface area contributed by atoms with Gasteiger partial charge in [-0.2, -0.15) is 26.3 Å². The predicted molar refractivity (Wildman–Crippen MR) is 134 cm³/mol. The van der Waals surface area contributed by atoms with Gasteiger partial charge in [-0.1, -0.05) is 6.07 Å². The Bertz CT molecular complexity index is 1300. The summed E-state index contributed by atoms with van der Waals surface area (Å²) in [6, 6.07) is 2.64. The lowest BCUT2D eigenvalue weighted by Gasteiger charge is -2.48. The summed E-state index contributed by atoms with van der Waals surface area (Å²) < 4.78 is 94.7. The zero-order chi connectivity index (χ0) is 30.5. The first kappa shape index (κ1) is 30.6. The van der Waals surface area contributed by atoms with Gasteiger partial charge in [0.25, 0.3) is 0 Å². The number of amides is 2. The van der Waals surface area contributed by atoms with E-state index in [1.165, 1.54) is 37.1 Å². The number of carbonyl (C=O) groups excluding carboxylic acids is 1. The summed E-state index contributed by atoms with van der Waals surface area (Å²) >= 11 is 0. The molecule has 2 heterocycles. The van der Waals surface area contributed by atoms with Crippen molar-refractivity contribution < 1.29 is 45.4 Å². The van der Waals surface area contributed by atoms with Gasteiger partial charge in [0.05, 0.1) is 29.1 Å². The maximum Gasteiger partial charge on any atom is 0.416 e. The van der Waals surface area contributed by atoms with Crippen LogP contribution in [0.1, 0.15) is 66.1 Å². The molecule has 2 aromatic rings. The number of likely N-dealkylation sites (tertiary alicyclic amines) is 1. The quantitative estimate of drug-likeness (QED) is 0.397. The molecule has 1 unspecified atom stereocenters. The Labute approximate surface area is 232 Å². The molecule has 41 heavy (non-hydrogen) atoms. The minimum absolute atomic E-state index is 0.0307. The Kier molecular flexibility index (Phi) is 8.07. The third kappa shape index (κ3) is 6.00. The van der Waals surface area contributed by atoms with E-state index in [-0.39, 0.29) is 31.0 Å². The van der Waals surface area contributed by atoms with Gasteiger partial charge in [0.2, 0.25) is 0 Å². The number of piperidine rings is 1. The van der Waals surface area contributed by atoms with Gasteiger partial charge in [0.1, 0.15) is 5.82 Å². The number of carboxylic acids is 1. The molecule has 0 aliphatic carbocycles. The van der Waals surface area contributed by atoms with Crippen molar-refractivity contribution in [1.82, 2.24) is 15.1 Å². The number of urea groups is 1. The summed E-state index contributed by atoms with van der Waals surface area (Å²) in [5, 5.41) is 13.2. The largest absolute Gasteiger partial charge is 0.481 e. The number of nitrogens with one attached hydrogen (secondary N) is 1. The van der Waals surface area contributed by atoms with Gasteiger partial charge in [-0.3, -0.25) is 4.79 Å². The Morgan fingerprint density at radius 3 is 2.22 bits per heavy atom. The number of benzene rings is 2. The van der Waals surface area contributed by atoms with Gasteiger partial charge in [0.15, 0.2) is 0 Å². The van der Waals surface area contributed by atoms with E-state index >= 15 is 0 Å². The van der Waals surface area contributed by atoms with Crippen LogP contribution in [-0.2, 0) is 17.1 Å². The van der Waals surface area contributed by atoms with E-state index in [1.54, 1.807) is 6.92 Å². The monoisotopic (exact) mass is 589 g/mol. The van der Waals surface area contributed by atoms with Crippen molar-refractivity contribution in [3.05, 3.63) is 70.0 Å². The van der Waals surface area contributed by atoms with Crippen LogP contribution in [0.2, 0.25) is 0 Å². The molecule has 224 valence electrons. The van der Waals surface area contributed by atoms with E-state index in [0.717, 1.165) is 4.90 Å². The van der Waals surface area contributed by atoms with Crippen LogP contribution in [0.3, 0.4) is 0 Å². The molecule has 6 nitrogen and oxygen atoms in total. The van der Waals surface area contributed by atoms with E-state index in [9.17, 15) is 45.4 Å². The summed E-state index contributed by atoms with van der Waals surface area (Å²) in [5.74, 6) is -2.22. The topological polar surface area (TPSA) is 72.9 Å². The number of aliphatic carboxylic acids is 1. The second-order valence-corrected chi connectivity index (χ2v) is 10.8. The molecule has 4 rings (SSSR count). The zero-order valence-electron chi connectivity index (χ0n) is 22.5. The molecule has 2 aliphatic rings. The van der Waals surface area contributed by atoms with E-state index in [4.69, 9.17) is 0 Å². The van der Waals surface area contributed by atoms with Gasteiger partial charge in [-0.25, -0.2) is 9.18 Å². The number of rotatable bonds is 4. The summed E-state index contributed by atoms with van der Waals surface area (Å²) in [5.41, 5.74) is -3.09. The maximum absolute atomic E-state index is 13.9. The van der Waals surface area contributed by atoms with E-state index in [0.29, 0.717) is 36.2 Å². The Morgan fingerprint density at radius 1 is 1.07 bits per heavy atom. The lowest BCUT2D eigenvalue weighted by molar-refractivity contribution is -0.145. The van der Waals surface area contributed by atoms with E-state index < -0.39 is 64.8 Å². The number of hydrogen-bond donors (Lipinski definition) is 2. The molecular formula is C28H30F7N3O3. The summed E-state index contributed by atoms with van der Waals surface area (Å²) in [7, 11) is 1.29. The first-order valence-electron chi connectivity index (χ1n) is 13.0. The first-order chi connectivity index (χ1) is 18.9. The van der Waals surface area contributed by atoms with Crippen molar-refractivity contribution in [2.24, 2.45) is 5.92 Å². The van der Waals surface area contributed by atoms with Crippen molar-refractivity contribution in [3.63, 3.8) is 0 Å². The standard InChI is InChI=1S/C28H30F7N3O3/c1-15-10-20(29)4-5-21(15)23-14-26(22(24(39)40)6-8-36-26)7-9-38(23)25(41)37(3)16(2)17-11-18(27(30,31)32)13-19(12-17)28(33,34)35/h4-5,10-13,16,22-23,36H,6-9,14H2,1-3H3,(H,39,40)/t16-,22?,23-,26-/m1/s1. The minimum Gasteiger partial charge on any atom is -0.481 e. The number of hydrogen-bond acceptors (Lipinski definition) is 3. The van der Waals surface area contributed by atoms with Crippen LogP contribution in [-0.4, -0.2) is 52.6 Å². The minimum atomic E-state index is -5.04. The molecule has 0 bridgehead atoms. The van der Waals surface area contributed by atoms with Crippen LogP contribution in [0.15, 0.2) is 36.4 Å². The molecule has 1 spiro atoms. The highest BCUT2D eigenvalue weighted by Crippen LogP contribution is 2.46.